The van der Waals surface area contributed by atoms with Crippen molar-refractivity contribution in [3.63, 3.8) is 0 Å². The molecule has 2 aromatic rings. The van der Waals surface area contributed by atoms with Crippen LogP contribution < -0.4 is 9.64 Å². The molecule has 1 aromatic heterocycles. The van der Waals surface area contributed by atoms with E-state index in [1.807, 2.05) is 17.9 Å². The van der Waals surface area contributed by atoms with Crippen LogP contribution in [0.1, 0.15) is 39.5 Å². The predicted molar refractivity (Wildman–Crippen MR) is 115 cm³/mol. The highest BCUT2D eigenvalue weighted by Gasteiger charge is 2.35. The maximum atomic E-state index is 14.9. The van der Waals surface area contributed by atoms with Gasteiger partial charge in [-0.05, 0) is 81.2 Å². The molecule has 0 spiro atoms. The Morgan fingerprint density at radius 2 is 1.97 bits per heavy atom. The molecule has 1 aromatic carbocycles. The summed E-state index contributed by atoms with van der Waals surface area (Å²) in [6, 6.07) is 3.66. The first-order valence-corrected chi connectivity index (χ1v) is 10.9. The number of hydrogen-bond donors (Lipinski definition) is 1. The molecule has 2 aliphatic heterocycles. The van der Waals surface area contributed by atoms with Gasteiger partial charge in [0.15, 0.2) is 5.82 Å². The number of piperidine rings is 1. The number of likely N-dealkylation sites (N-methyl/N-ethyl adjacent to an activating group) is 1. The van der Waals surface area contributed by atoms with Gasteiger partial charge < -0.3 is 14.7 Å². The van der Waals surface area contributed by atoms with E-state index in [1.165, 1.54) is 0 Å². The molecule has 2 aliphatic rings. The summed E-state index contributed by atoms with van der Waals surface area (Å²) in [7, 11) is 2.09. The van der Waals surface area contributed by atoms with Crippen LogP contribution in [0.3, 0.4) is 0 Å². The average Bonchev–Trinajstić information content (AvgIpc) is 3.01. The minimum absolute atomic E-state index is 0.0803. The maximum Gasteiger partial charge on any atom is 0.319 e. The normalized spacial score (nSPS) is 28.3. The summed E-state index contributed by atoms with van der Waals surface area (Å²) >= 11 is 3.25. The summed E-state index contributed by atoms with van der Waals surface area (Å²) in [5, 5.41) is 11.2. The lowest BCUT2D eigenvalue weighted by molar-refractivity contribution is 0.0447. The van der Waals surface area contributed by atoms with Gasteiger partial charge in [-0.25, -0.2) is 4.39 Å². The molecule has 0 amide bonds. The van der Waals surface area contributed by atoms with Crippen LogP contribution in [0.25, 0.3) is 10.9 Å². The van der Waals surface area contributed by atoms with Gasteiger partial charge in [0.2, 0.25) is 0 Å². The largest absolute Gasteiger partial charge is 0.461 e. The van der Waals surface area contributed by atoms with E-state index in [0.717, 1.165) is 38.8 Å². The number of ether oxygens (including phenoxy) is 1. The Labute approximate surface area is 179 Å². The highest BCUT2D eigenvalue weighted by Crippen LogP contribution is 2.34. The number of β-amino-alcohol motifs (C(OH)–C–C–N with tert-alkyl or cyclic N) is 1. The quantitative estimate of drug-likeness (QED) is 0.740. The van der Waals surface area contributed by atoms with Crippen LogP contribution in [0.2, 0.25) is 0 Å². The number of aromatic nitrogens is 2. The molecule has 0 bridgehead atoms. The van der Waals surface area contributed by atoms with Gasteiger partial charge in [0.1, 0.15) is 17.9 Å². The molecule has 8 heteroatoms. The Bertz CT molecular complexity index is 925. The van der Waals surface area contributed by atoms with E-state index < -0.39 is 11.4 Å². The van der Waals surface area contributed by atoms with Crippen LogP contribution in [0.5, 0.6) is 6.01 Å². The van der Waals surface area contributed by atoms with Crippen LogP contribution in [-0.4, -0.2) is 64.4 Å². The maximum absolute atomic E-state index is 14.9. The van der Waals surface area contributed by atoms with Crippen molar-refractivity contribution in [2.24, 2.45) is 0 Å². The molecular weight excluding hydrogens is 439 g/mol. The molecule has 0 aliphatic carbocycles. The Morgan fingerprint density at radius 3 is 2.66 bits per heavy atom. The third kappa shape index (κ3) is 4.07. The van der Waals surface area contributed by atoms with Crippen molar-refractivity contribution in [2.75, 3.05) is 38.2 Å². The smallest absolute Gasteiger partial charge is 0.319 e. The Hall–Kier alpha value is -1.51. The summed E-state index contributed by atoms with van der Waals surface area (Å²) < 4.78 is 21.3. The number of aliphatic hydroxyl groups is 1. The van der Waals surface area contributed by atoms with Crippen LogP contribution in [0, 0.1) is 5.82 Å². The van der Waals surface area contributed by atoms with Gasteiger partial charge >= 0.3 is 6.01 Å². The first kappa shape index (κ1) is 20.8. The molecule has 2 saturated heterocycles. The molecule has 1 N–H and O–H groups in total. The van der Waals surface area contributed by atoms with Gasteiger partial charge in [0, 0.05) is 18.5 Å². The number of benzene rings is 1. The highest BCUT2D eigenvalue weighted by molar-refractivity contribution is 9.10. The molecule has 0 saturated carbocycles. The molecule has 3 heterocycles. The average molecular weight is 467 g/mol. The number of hydrogen-bond acceptors (Lipinski definition) is 6. The lowest BCUT2D eigenvalue weighted by Crippen LogP contribution is -2.46. The first-order valence-electron chi connectivity index (χ1n) is 10.2. The zero-order valence-corrected chi connectivity index (χ0v) is 18.8. The van der Waals surface area contributed by atoms with Gasteiger partial charge in [-0.3, -0.25) is 4.90 Å². The molecule has 6 nitrogen and oxygen atoms in total. The number of nitrogens with zero attached hydrogens (tertiary/aromatic N) is 4. The van der Waals surface area contributed by atoms with Gasteiger partial charge in [-0.15, -0.1) is 0 Å². The fourth-order valence-electron chi connectivity index (χ4n) is 4.37. The number of rotatable bonds is 4. The lowest BCUT2D eigenvalue weighted by Gasteiger charge is -2.38. The van der Waals surface area contributed by atoms with Crippen molar-refractivity contribution in [2.45, 2.75) is 50.7 Å². The molecule has 2 fully saturated rings. The second-order valence-corrected chi connectivity index (χ2v) is 9.77. The predicted octanol–water partition coefficient (Wildman–Crippen LogP) is 3.75. The van der Waals surface area contributed by atoms with Crippen LogP contribution >= 0.6 is 15.9 Å². The Morgan fingerprint density at radius 1 is 1.21 bits per heavy atom. The van der Waals surface area contributed by atoms with Gasteiger partial charge in [0.05, 0.1) is 15.6 Å². The zero-order valence-electron chi connectivity index (χ0n) is 17.2. The Balaban J connectivity index is 1.72. The summed E-state index contributed by atoms with van der Waals surface area (Å²) in [4.78, 5) is 13.4. The molecule has 29 heavy (non-hydrogen) atoms. The summed E-state index contributed by atoms with van der Waals surface area (Å²) in [6.45, 7) is 6.67. The van der Waals surface area contributed by atoms with E-state index in [0.29, 0.717) is 28.8 Å². The number of anilines is 1. The summed E-state index contributed by atoms with van der Waals surface area (Å²) in [6.07, 6.45) is 3.75. The van der Waals surface area contributed by atoms with E-state index in [9.17, 15) is 9.50 Å². The number of likely N-dealkylation sites (tertiary alicyclic amines) is 1. The molecule has 1 unspecified atom stereocenters. The van der Waals surface area contributed by atoms with Crippen molar-refractivity contribution in [1.29, 1.82) is 0 Å². The molecule has 4 rings (SSSR count). The fraction of sp³-hybridized carbons (Fsp3) is 0.619. The molecule has 2 atom stereocenters. The highest BCUT2D eigenvalue weighted by atomic mass is 79.9. The van der Waals surface area contributed by atoms with Crippen molar-refractivity contribution in [1.82, 2.24) is 14.9 Å². The van der Waals surface area contributed by atoms with Crippen LogP contribution in [0.4, 0.5) is 10.2 Å². The summed E-state index contributed by atoms with van der Waals surface area (Å²) in [5.41, 5.74) is -0.650. The van der Waals surface area contributed by atoms with Crippen molar-refractivity contribution < 1.29 is 14.2 Å². The van der Waals surface area contributed by atoms with E-state index in [1.54, 1.807) is 6.07 Å². The second kappa shape index (κ2) is 7.63. The van der Waals surface area contributed by atoms with Crippen LogP contribution in [-0.2, 0) is 0 Å². The third-order valence-corrected chi connectivity index (χ3v) is 6.95. The van der Waals surface area contributed by atoms with Crippen molar-refractivity contribution in [3.8, 4) is 6.01 Å². The minimum atomic E-state index is -0.801. The fourth-order valence-corrected chi connectivity index (χ4v) is 4.69. The lowest BCUT2D eigenvalue weighted by atomic mass is 9.95. The summed E-state index contributed by atoms with van der Waals surface area (Å²) in [5.74, 6) is 0.185. The number of halogens is 2. The van der Waals surface area contributed by atoms with Gasteiger partial charge in [-0.2, -0.15) is 9.97 Å². The minimum Gasteiger partial charge on any atom is -0.461 e. The van der Waals surface area contributed by atoms with E-state index in [2.05, 4.69) is 44.8 Å². The van der Waals surface area contributed by atoms with E-state index in [-0.39, 0.29) is 17.1 Å². The van der Waals surface area contributed by atoms with Gasteiger partial charge in [0.25, 0.3) is 0 Å². The standard InChI is InChI=1S/C21H28BrFN4O2/c1-20(8-4-10-26(20)3)13-29-19-24-17-14(6-7-15(22)16(17)23)18(25-19)27-11-5-9-21(2,28)12-27/h6-7,28H,4-5,8-13H2,1-3H3/t20-,21?/m1/s1. The first-order chi connectivity index (χ1) is 13.7. The SMILES string of the molecule is CN1CCC[C@]1(C)COc1nc(N2CCCC(C)(O)C2)c2ccc(Br)c(F)c2n1. The van der Waals surface area contributed by atoms with Crippen molar-refractivity contribution in [3.05, 3.63) is 22.4 Å². The second-order valence-electron chi connectivity index (χ2n) is 8.92. The topological polar surface area (TPSA) is 61.7 Å². The van der Waals surface area contributed by atoms with Crippen LogP contribution in [0.15, 0.2) is 16.6 Å². The molecule has 0 radical (unpaired) electrons. The Kier molecular flexibility index (Phi) is 5.46. The van der Waals surface area contributed by atoms with Gasteiger partial charge in [-0.1, -0.05) is 0 Å². The monoisotopic (exact) mass is 466 g/mol. The van der Waals surface area contributed by atoms with Crippen molar-refractivity contribution >= 4 is 32.7 Å². The zero-order chi connectivity index (χ0) is 20.8. The van der Waals surface area contributed by atoms with E-state index in [4.69, 9.17) is 4.74 Å². The number of fused-ring (bicyclic) bond motifs is 1. The third-order valence-electron chi connectivity index (χ3n) is 6.34. The van der Waals surface area contributed by atoms with E-state index >= 15 is 0 Å². The molecule has 158 valence electrons. The molecular formula is C21H28BrFN4O2.